The molecular formula is C22H30B3ClN6O. The normalized spacial score (nSPS) is 20.5. The molecule has 3 aromatic rings. The largest absolute Gasteiger partial charge is 0.380 e. The second kappa shape index (κ2) is 8.97. The first-order chi connectivity index (χ1) is 15.8. The van der Waals surface area contributed by atoms with Gasteiger partial charge in [-0.15, -0.1) is 0 Å². The average molecular weight is 462 g/mol. The van der Waals surface area contributed by atoms with E-state index in [1.165, 1.54) is 5.56 Å². The molecule has 33 heavy (non-hydrogen) atoms. The molecule has 0 aliphatic carbocycles. The van der Waals surface area contributed by atoms with Crippen molar-refractivity contribution in [3.63, 3.8) is 0 Å². The maximum absolute atomic E-state index is 6.72. The van der Waals surface area contributed by atoms with Gasteiger partial charge in [-0.1, -0.05) is 11.6 Å². The Balaban J connectivity index is 1.35. The Morgan fingerprint density at radius 3 is 2.61 bits per heavy atom. The lowest BCUT2D eigenvalue weighted by molar-refractivity contribution is 0.122. The van der Waals surface area contributed by atoms with Gasteiger partial charge in [-0.2, -0.15) is 5.10 Å². The summed E-state index contributed by atoms with van der Waals surface area (Å²) in [5.41, 5.74) is 4.09. The van der Waals surface area contributed by atoms with E-state index in [1.807, 2.05) is 23.1 Å². The Morgan fingerprint density at radius 1 is 1.15 bits per heavy atom. The van der Waals surface area contributed by atoms with E-state index < -0.39 is 0 Å². The summed E-state index contributed by atoms with van der Waals surface area (Å²) < 4.78 is 7.59. The summed E-state index contributed by atoms with van der Waals surface area (Å²) >= 11 is 6.72. The number of rotatable bonds is 5. The van der Waals surface area contributed by atoms with Gasteiger partial charge < -0.3 is 10.1 Å². The molecule has 2 aliphatic rings. The van der Waals surface area contributed by atoms with Crippen LogP contribution >= 0.6 is 11.6 Å². The first-order valence-electron chi connectivity index (χ1n) is 11.9. The monoisotopic (exact) mass is 462 g/mol. The molecule has 1 atom stereocenters. The van der Waals surface area contributed by atoms with Gasteiger partial charge in [0.1, 0.15) is 23.5 Å². The molecule has 0 bridgehead atoms. The topological polar surface area (TPSA) is 68.1 Å². The van der Waals surface area contributed by atoms with Gasteiger partial charge in [0.2, 0.25) is 5.95 Å². The van der Waals surface area contributed by atoms with Crippen LogP contribution in [0.25, 0.3) is 10.9 Å². The maximum Gasteiger partial charge on any atom is 0.227 e. The van der Waals surface area contributed by atoms with Crippen LogP contribution in [0, 0.1) is 6.92 Å². The predicted octanol–water partition coefficient (Wildman–Crippen LogP) is 0.967. The molecule has 0 spiro atoms. The van der Waals surface area contributed by atoms with Crippen molar-refractivity contribution in [2.24, 2.45) is 0 Å². The molecule has 2 aliphatic heterocycles. The van der Waals surface area contributed by atoms with E-state index in [0.717, 1.165) is 72.9 Å². The zero-order chi connectivity index (χ0) is 23.2. The van der Waals surface area contributed by atoms with Crippen molar-refractivity contribution in [2.45, 2.75) is 43.4 Å². The Bertz CT molecular complexity index is 1150. The third-order valence-electron chi connectivity index (χ3n) is 6.98. The summed E-state index contributed by atoms with van der Waals surface area (Å²) in [6, 6.07) is 4.76. The van der Waals surface area contributed by atoms with Gasteiger partial charge in [0.05, 0.1) is 29.7 Å². The number of anilines is 2. The summed E-state index contributed by atoms with van der Waals surface area (Å²) in [6.45, 7) is 6.03. The van der Waals surface area contributed by atoms with Crippen LogP contribution in [0.5, 0.6) is 0 Å². The highest BCUT2D eigenvalue weighted by molar-refractivity contribution is 6.56. The van der Waals surface area contributed by atoms with Crippen molar-refractivity contribution >= 4 is 57.7 Å². The molecule has 7 nitrogen and oxygen atoms in total. The maximum atomic E-state index is 6.72. The number of ether oxygens (including phenoxy) is 1. The highest BCUT2D eigenvalue weighted by atomic mass is 35.5. The Hall–Kier alpha value is -2.03. The van der Waals surface area contributed by atoms with E-state index in [-0.39, 0.29) is 5.24 Å². The SMILES string of the molecule is BC(B)(B)n1ncc(Nc2ncc3cc(Cl)c(C4CCN([C@@H]5CCOC5)CC4)cc3n2)c1C. The number of aromatic nitrogens is 4. The van der Waals surface area contributed by atoms with Gasteiger partial charge >= 0.3 is 0 Å². The van der Waals surface area contributed by atoms with Crippen LogP contribution in [0.1, 0.15) is 36.4 Å². The molecule has 170 valence electrons. The number of likely N-dealkylation sites (tertiary alicyclic amines) is 1. The minimum absolute atomic E-state index is 0.0831. The molecule has 1 N–H and O–H groups in total. The Kier molecular flexibility index (Phi) is 6.18. The molecule has 0 radical (unpaired) electrons. The number of nitrogens with zero attached hydrogens (tertiary/aromatic N) is 5. The van der Waals surface area contributed by atoms with Crippen LogP contribution in [0.2, 0.25) is 5.02 Å². The van der Waals surface area contributed by atoms with E-state index >= 15 is 0 Å². The van der Waals surface area contributed by atoms with Gasteiger partial charge in [0.15, 0.2) is 0 Å². The standard InChI is InChI=1S/C22H30B3ClN6O/c1-13-20(11-28-32(13)22(23,24)25)30-21-27-10-15-8-18(26)17(9-19(15)29-21)14-2-5-31(6-3-14)16-4-7-33-12-16/h8-11,14,16H,2-7,12,23-25H2,1H3,(H,27,29,30)/t16-/m1/s1. The quantitative estimate of drug-likeness (QED) is 0.570. The van der Waals surface area contributed by atoms with E-state index in [4.69, 9.17) is 21.3 Å². The van der Waals surface area contributed by atoms with Crippen LogP contribution in [0.3, 0.4) is 0 Å². The number of fused-ring (bicyclic) bond motifs is 1. The fourth-order valence-electron chi connectivity index (χ4n) is 5.16. The summed E-state index contributed by atoms with van der Waals surface area (Å²) in [7, 11) is 6.42. The molecule has 2 aromatic heterocycles. The summed E-state index contributed by atoms with van der Waals surface area (Å²) in [6.07, 6.45) is 7.06. The van der Waals surface area contributed by atoms with Crippen molar-refractivity contribution in [3.05, 3.63) is 40.8 Å². The lowest BCUT2D eigenvalue weighted by Crippen LogP contribution is -2.41. The molecule has 2 fully saturated rings. The third kappa shape index (κ3) is 4.66. The van der Waals surface area contributed by atoms with Crippen LogP contribution in [-0.2, 0) is 9.97 Å². The molecule has 2 saturated heterocycles. The second-order valence-electron chi connectivity index (χ2n) is 10.3. The van der Waals surface area contributed by atoms with E-state index in [9.17, 15) is 0 Å². The molecule has 0 unspecified atom stereocenters. The Labute approximate surface area is 202 Å². The lowest BCUT2D eigenvalue weighted by atomic mass is 9.49. The number of benzene rings is 1. The molecule has 1 aromatic carbocycles. The van der Waals surface area contributed by atoms with Gasteiger partial charge in [-0.05, 0) is 68.1 Å². The minimum atomic E-state index is -0.0831. The first-order valence-corrected chi connectivity index (χ1v) is 12.3. The fourth-order valence-corrected chi connectivity index (χ4v) is 5.48. The lowest BCUT2D eigenvalue weighted by Gasteiger charge is -2.35. The highest BCUT2D eigenvalue weighted by Gasteiger charge is 2.29. The number of hydrogen-bond acceptors (Lipinski definition) is 6. The number of halogens is 1. The predicted molar refractivity (Wildman–Crippen MR) is 141 cm³/mol. The van der Waals surface area contributed by atoms with Crippen molar-refractivity contribution in [2.75, 3.05) is 31.6 Å². The first kappa shape index (κ1) is 22.8. The number of nitrogens with one attached hydrogen (secondary N) is 1. The zero-order valence-corrected chi connectivity index (χ0v) is 20.7. The summed E-state index contributed by atoms with van der Waals surface area (Å²) in [5, 5.41) is 9.58. The van der Waals surface area contributed by atoms with Crippen molar-refractivity contribution in [1.82, 2.24) is 24.6 Å². The number of piperidine rings is 1. The number of hydrogen-bond donors (Lipinski definition) is 1. The van der Waals surface area contributed by atoms with Crippen LogP contribution in [0.4, 0.5) is 11.6 Å². The second-order valence-corrected chi connectivity index (χ2v) is 10.7. The molecular weight excluding hydrogens is 432 g/mol. The molecule has 11 heteroatoms. The van der Waals surface area contributed by atoms with E-state index in [0.29, 0.717) is 17.9 Å². The van der Waals surface area contributed by atoms with E-state index in [1.54, 1.807) is 0 Å². The van der Waals surface area contributed by atoms with Gasteiger partial charge in [0.25, 0.3) is 0 Å². The molecule has 0 amide bonds. The summed E-state index contributed by atoms with van der Waals surface area (Å²) in [4.78, 5) is 11.9. The highest BCUT2D eigenvalue weighted by Crippen LogP contribution is 2.36. The smallest absolute Gasteiger partial charge is 0.227 e. The average Bonchev–Trinajstić information content (AvgIpc) is 3.44. The third-order valence-corrected chi connectivity index (χ3v) is 7.31. The molecule has 4 heterocycles. The van der Waals surface area contributed by atoms with Crippen LogP contribution in [0.15, 0.2) is 24.5 Å². The van der Waals surface area contributed by atoms with E-state index in [2.05, 4.69) is 56.8 Å². The molecule has 5 rings (SSSR count). The van der Waals surface area contributed by atoms with Crippen LogP contribution < -0.4 is 5.32 Å². The van der Waals surface area contributed by atoms with Crippen molar-refractivity contribution in [1.29, 1.82) is 0 Å². The van der Waals surface area contributed by atoms with Crippen molar-refractivity contribution in [3.8, 4) is 0 Å². The van der Waals surface area contributed by atoms with Gasteiger partial charge in [-0.25, -0.2) is 9.97 Å². The van der Waals surface area contributed by atoms with Gasteiger partial charge in [0, 0.05) is 29.3 Å². The summed E-state index contributed by atoms with van der Waals surface area (Å²) in [5.74, 6) is 1.03. The van der Waals surface area contributed by atoms with Gasteiger partial charge in [-0.3, -0.25) is 9.58 Å². The Morgan fingerprint density at radius 2 is 1.94 bits per heavy atom. The minimum Gasteiger partial charge on any atom is -0.380 e. The zero-order valence-electron chi connectivity index (χ0n) is 19.9. The molecule has 0 saturated carbocycles. The van der Waals surface area contributed by atoms with Crippen molar-refractivity contribution < 1.29 is 4.74 Å². The van der Waals surface area contributed by atoms with Crippen LogP contribution in [-0.4, -0.2) is 80.5 Å². The fraction of sp³-hybridized carbons (Fsp3) is 0.500.